The maximum atomic E-state index is 13.3. The molecule has 0 aliphatic heterocycles. The van der Waals surface area contributed by atoms with Crippen LogP contribution in [0.25, 0.3) is 0 Å². The zero-order valence-corrected chi connectivity index (χ0v) is 9.98. The fraction of sp³-hybridized carbons (Fsp3) is 0.500. The van der Waals surface area contributed by atoms with Gasteiger partial charge >= 0.3 is 0 Å². The van der Waals surface area contributed by atoms with Crippen molar-refractivity contribution in [2.75, 3.05) is 5.75 Å². The molecule has 0 aromatic heterocycles. The van der Waals surface area contributed by atoms with E-state index in [0.717, 1.165) is 0 Å². The van der Waals surface area contributed by atoms with Crippen LogP contribution in [0.3, 0.4) is 0 Å². The molecular formula is C12H17FOS. The molecule has 0 spiro atoms. The number of hydrogen-bond donors (Lipinski definition) is 1. The zero-order valence-electron chi connectivity index (χ0n) is 9.16. The maximum absolute atomic E-state index is 13.3. The minimum Gasteiger partial charge on any atom is -0.389 e. The third-order valence-corrected chi connectivity index (χ3v) is 3.97. The van der Waals surface area contributed by atoms with Crippen LogP contribution < -0.4 is 0 Å². The Kier molecular flexibility index (Phi) is 4.61. The minimum atomic E-state index is -0.674. The highest BCUT2D eigenvalue weighted by Gasteiger charge is 2.22. The van der Waals surface area contributed by atoms with Crippen molar-refractivity contribution in [2.24, 2.45) is 0 Å². The SMILES string of the molecule is CCC(O)(CC)CSc1ccccc1F. The van der Waals surface area contributed by atoms with Crippen LogP contribution in [-0.2, 0) is 0 Å². The van der Waals surface area contributed by atoms with Gasteiger partial charge in [-0.05, 0) is 25.0 Å². The lowest BCUT2D eigenvalue weighted by atomic mass is 10.0. The number of rotatable bonds is 5. The van der Waals surface area contributed by atoms with Gasteiger partial charge in [0.2, 0.25) is 0 Å². The first-order chi connectivity index (χ1) is 7.11. The van der Waals surface area contributed by atoms with Gasteiger partial charge in [-0.1, -0.05) is 26.0 Å². The molecule has 1 rings (SSSR count). The van der Waals surface area contributed by atoms with Gasteiger partial charge in [-0.2, -0.15) is 0 Å². The third-order valence-electron chi connectivity index (χ3n) is 2.65. The molecule has 0 fully saturated rings. The molecule has 0 saturated carbocycles. The highest BCUT2D eigenvalue weighted by atomic mass is 32.2. The van der Waals surface area contributed by atoms with Gasteiger partial charge in [0.1, 0.15) is 5.82 Å². The highest BCUT2D eigenvalue weighted by Crippen LogP contribution is 2.28. The van der Waals surface area contributed by atoms with Crippen molar-refractivity contribution < 1.29 is 9.50 Å². The summed E-state index contributed by atoms with van der Waals surface area (Å²) in [7, 11) is 0. The maximum Gasteiger partial charge on any atom is 0.136 e. The standard InChI is InChI=1S/C12H17FOS/c1-3-12(14,4-2)9-15-11-8-6-5-7-10(11)13/h5-8,14H,3-4,9H2,1-2H3. The van der Waals surface area contributed by atoms with Crippen LogP contribution in [0.15, 0.2) is 29.2 Å². The Morgan fingerprint density at radius 3 is 2.40 bits per heavy atom. The summed E-state index contributed by atoms with van der Waals surface area (Å²) in [5.41, 5.74) is -0.674. The van der Waals surface area contributed by atoms with Crippen LogP contribution >= 0.6 is 11.8 Å². The fourth-order valence-corrected chi connectivity index (χ4v) is 2.44. The number of hydrogen-bond acceptors (Lipinski definition) is 2. The number of thioether (sulfide) groups is 1. The van der Waals surface area contributed by atoms with Gasteiger partial charge < -0.3 is 5.11 Å². The van der Waals surface area contributed by atoms with E-state index in [1.54, 1.807) is 12.1 Å². The van der Waals surface area contributed by atoms with Crippen molar-refractivity contribution in [3.8, 4) is 0 Å². The summed E-state index contributed by atoms with van der Waals surface area (Å²) >= 11 is 1.38. The topological polar surface area (TPSA) is 20.2 Å². The van der Waals surface area contributed by atoms with Gasteiger partial charge in [0, 0.05) is 10.6 Å². The second-order valence-corrected chi connectivity index (χ2v) is 4.67. The third kappa shape index (κ3) is 3.50. The van der Waals surface area contributed by atoms with Gasteiger partial charge in [-0.15, -0.1) is 11.8 Å². The number of halogens is 1. The molecule has 0 saturated heterocycles. The smallest absolute Gasteiger partial charge is 0.136 e. The average Bonchev–Trinajstić information content (AvgIpc) is 2.28. The lowest BCUT2D eigenvalue weighted by molar-refractivity contribution is 0.0572. The molecule has 0 bridgehead atoms. The average molecular weight is 228 g/mol. The van der Waals surface area contributed by atoms with Crippen LogP contribution in [-0.4, -0.2) is 16.5 Å². The second kappa shape index (κ2) is 5.52. The van der Waals surface area contributed by atoms with Crippen LogP contribution in [0, 0.1) is 5.82 Å². The van der Waals surface area contributed by atoms with Crippen LogP contribution in [0.5, 0.6) is 0 Å². The largest absolute Gasteiger partial charge is 0.389 e. The van der Waals surface area contributed by atoms with E-state index in [9.17, 15) is 9.50 Å². The Morgan fingerprint density at radius 1 is 1.27 bits per heavy atom. The van der Waals surface area contributed by atoms with E-state index >= 15 is 0 Å². The molecule has 1 N–H and O–H groups in total. The van der Waals surface area contributed by atoms with Gasteiger partial charge in [-0.25, -0.2) is 4.39 Å². The predicted molar refractivity (Wildman–Crippen MR) is 62.7 cm³/mol. The van der Waals surface area contributed by atoms with Crippen LogP contribution in [0.4, 0.5) is 4.39 Å². The van der Waals surface area contributed by atoms with Gasteiger partial charge in [0.05, 0.1) is 5.60 Å². The van der Waals surface area contributed by atoms with Crippen molar-refractivity contribution in [1.29, 1.82) is 0 Å². The minimum absolute atomic E-state index is 0.211. The molecular weight excluding hydrogens is 211 g/mol. The monoisotopic (exact) mass is 228 g/mol. The number of benzene rings is 1. The second-order valence-electron chi connectivity index (χ2n) is 3.65. The molecule has 1 aromatic carbocycles. The first-order valence-corrected chi connectivity index (χ1v) is 6.19. The predicted octanol–water partition coefficient (Wildman–Crippen LogP) is 3.47. The Bertz CT molecular complexity index is 310. The number of aliphatic hydroxyl groups is 1. The highest BCUT2D eigenvalue weighted by molar-refractivity contribution is 7.99. The van der Waals surface area contributed by atoms with E-state index in [-0.39, 0.29) is 5.82 Å². The molecule has 1 nitrogen and oxygen atoms in total. The molecule has 0 atom stereocenters. The lowest BCUT2D eigenvalue weighted by Gasteiger charge is -2.24. The first kappa shape index (κ1) is 12.5. The van der Waals surface area contributed by atoms with Crippen LogP contribution in [0.1, 0.15) is 26.7 Å². The van der Waals surface area contributed by atoms with Gasteiger partial charge in [-0.3, -0.25) is 0 Å². The van der Waals surface area contributed by atoms with E-state index in [4.69, 9.17) is 0 Å². The summed E-state index contributed by atoms with van der Waals surface area (Å²) in [4.78, 5) is 0.609. The Balaban J connectivity index is 2.61. The first-order valence-electron chi connectivity index (χ1n) is 5.21. The van der Waals surface area contributed by atoms with Crippen molar-refractivity contribution in [3.05, 3.63) is 30.1 Å². The Morgan fingerprint density at radius 2 is 1.87 bits per heavy atom. The Hall–Kier alpha value is -0.540. The van der Waals surface area contributed by atoms with E-state index in [1.165, 1.54) is 17.8 Å². The molecule has 84 valence electrons. The van der Waals surface area contributed by atoms with Gasteiger partial charge in [0.15, 0.2) is 0 Å². The van der Waals surface area contributed by atoms with Gasteiger partial charge in [0.25, 0.3) is 0 Å². The zero-order chi connectivity index (χ0) is 11.3. The van der Waals surface area contributed by atoms with E-state index in [1.807, 2.05) is 19.9 Å². The van der Waals surface area contributed by atoms with E-state index in [0.29, 0.717) is 23.5 Å². The molecule has 3 heteroatoms. The lowest BCUT2D eigenvalue weighted by Crippen LogP contribution is -2.29. The summed E-state index contributed by atoms with van der Waals surface area (Å²) in [6.45, 7) is 3.90. The van der Waals surface area contributed by atoms with Crippen molar-refractivity contribution in [3.63, 3.8) is 0 Å². The summed E-state index contributed by atoms with van der Waals surface area (Å²) in [5.74, 6) is 0.332. The summed E-state index contributed by atoms with van der Waals surface area (Å²) < 4.78 is 13.3. The summed E-state index contributed by atoms with van der Waals surface area (Å²) in [6, 6.07) is 6.67. The van der Waals surface area contributed by atoms with Crippen molar-refractivity contribution >= 4 is 11.8 Å². The van der Waals surface area contributed by atoms with E-state index in [2.05, 4.69) is 0 Å². The summed E-state index contributed by atoms with van der Waals surface area (Å²) in [6.07, 6.45) is 1.40. The molecule has 15 heavy (non-hydrogen) atoms. The normalized spacial score (nSPS) is 11.7. The van der Waals surface area contributed by atoms with Crippen molar-refractivity contribution in [1.82, 2.24) is 0 Å². The molecule has 1 aromatic rings. The molecule has 0 aliphatic carbocycles. The molecule has 0 aliphatic rings. The van der Waals surface area contributed by atoms with Crippen LogP contribution in [0.2, 0.25) is 0 Å². The molecule has 0 radical (unpaired) electrons. The van der Waals surface area contributed by atoms with Crippen molar-refractivity contribution in [2.45, 2.75) is 37.2 Å². The summed E-state index contributed by atoms with van der Waals surface area (Å²) in [5, 5.41) is 10.0. The molecule has 0 heterocycles. The molecule has 0 unspecified atom stereocenters. The fourth-order valence-electron chi connectivity index (χ4n) is 1.23. The van der Waals surface area contributed by atoms with E-state index < -0.39 is 5.60 Å². The quantitative estimate of drug-likeness (QED) is 0.779. The molecule has 0 amide bonds. The Labute approximate surface area is 94.7 Å².